The Balaban J connectivity index is 1.75. The standard InChI is InChI=1S/C21H25F6N3/c1-14(29-18-7-3-4-8-19(18)30-9-5-2-6-10-30)28-17-12-15(20(22,23)24)11-16(13-17)21(25,26)27/h8,11-13,18,28-29H,1-7,9-10H2/t18-/m1/s1. The first-order valence-corrected chi connectivity index (χ1v) is 10.0. The molecule has 1 atom stereocenters. The van der Waals surface area contributed by atoms with Crippen LogP contribution in [0.25, 0.3) is 0 Å². The van der Waals surface area contributed by atoms with E-state index < -0.39 is 23.5 Å². The summed E-state index contributed by atoms with van der Waals surface area (Å²) in [6, 6.07) is 1.35. The molecule has 0 unspecified atom stereocenters. The number of rotatable bonds is 5. The number of piperidine rings is 1. The summed E-state index contributed by atoms with van der Waals surface area (Å²) in [6.07, 6.45) is -1.50. The SMILES string of the molecule is C=C(Nc1cc(C(F)(F)F)cc(C(F)(F)F)c1)N[C@@H]1CCCC=C1N1CCCCC1. The van der Waals surface area contributed by atoms with Crippen LogP contribution in [-0.4, -0.2) is 24.0 Å². The molecule has 1 saturated heterocycles. The van der Waals surface area contributed by atoms with E-state index in [1.54, 1.807) is 0 Å². The van der Waals surface area contributed by atoms with E-state index in [2.05, 4.69) is 28.2 Å². The van der Waals surface area contributed by atoms with E-state index in [0.717, 1.165) is 50.9 Å². The quantitative estimate of drug-likeness (QED) is 0.548. The van der Waals surface area contributed by atoms with Crippen LogP contribution in [0.15, 0.2) is 42.4 Å². The fraction of sp³-hybridized carbons (Fsp3) is 0.524. The largest absolute Gasteiger partial charge is 0.416 e. The van der Waals surface area contributed by atoms with Crippen molar-refractivity contribution in [1.29, 1.82) is 0 Å². The number of hydrogen-bond donors (Lipinski definition) is 2. The molecule has 1 aromatic carbocycles. The Bertz CT molecular complexity index is 759. The molecule has 1 aromatic rings. The monoisotopic (exact) mass is 433 g/mol. The third-order valence-electron chi connectivity index (χ3n) is 5.36. The van der Waals surface area contributed by atoms with Gasteiger partial charge in [-0.1, -0.05) is 12.7 Å². The van der Waals surface area contributed by atoms with Crippen LogP contribution in [0.3, 0.4) is 0 Å². The fourth-order valence-corrected chi connectivity index (χ4v) is 3.96. The molecule has 9 heteroatoms. The zero-order valence-corrected chi connectivity index (χ0v) is 16.5. The molecule has 3 nitrogen and oxygen atoms in total. The molecule has 166 valence electrons. The maximum atomic E-state index is 13.1. The third-order valence-corrected chi connectivity index (χ3v) is 5.36. The van der Waals surface area contributed by atoms with Crippen molar-refractivity contribution in [2.24, 2.45) is 0 Å². The molecule has 1 aliphatic heterocycles. The first-order chi connectivity index (χ1) is 14.0. The van der Waals surface area contributed by atoms with Gasteiger partial charge in [-0.25, -0.2) is 0 Å². The molecular weight excluding hydrogens is 408 g/mol. The van der Waals surface area contributed by atoms with Crippen molar-refractivity contribution in [3.63, 3.8) is 0 Å². The summed E-state index contributed by atoms with van der Waals surface area (Å²) in [7, 11) is 0. The number of hydrogen-bond acceptors (Lipinski definition) is 3. The zero-order valence-electron chi connectivity index (χ0n) is 16.5. The molecule has 0 spiro atoms. The summed E-state index contributed by atoms with van der Waals surface area (Å²) >= 11 is 0. The highest BCUT2D eigenvalue weighted by Gasteiger charge is 2.37. The normalized spacial score (nSPS) is 20.5. The van der Waals surface area contributed by atoms with Gasteiger partial charge in [0.15, 0.2) is 0 Å². The second kappa shape index (κ2) is 8.81. The van der Waals surface area contributed by atoms with E-state index >= 15 is 0 Å². The predicted octanol–water partition coefficient (Wildman–Crippen LogP) is 6.12. The Morgan fingerprint density at radius 2 is 1.50 bits per heavy atom. The average Bonchev–Trinajstić information content (AvgIpc) is 2.67. The minimum atomic E-state index is -4.89. The number of nitrogens with one attached hydrogen (secondary N) is 2. The number of halogens is 6. The summed E-state index contributed by atoms with van der Waals surface area (Å²) in [5.74, 6) is 0.164. The van der Waals surface area contributed by atoms with Crippen molar-refractivity contribution in [3.8, 4) is 0 Å². The summed E-state index contributed by atoms with van der Waals surface area (Å²) < 4.78 is 78.3. The maximum absolute atomic E-state index is 13.1. The Morgan fingerprint density at radius 1 is 0.900 bits per heavy atom. The highest BCUT2D eigenvalue weighted by atomic mass is 19.4. The van der Waals surface area contributed by atoms with Crippen LogP contribution in [0.4, 0.5) is 32.0 Å². The second-order valence-electron chi connectivity index (χ2n) is 7.70. The van der Waals surface area contributed by atoms with Gasteiger partial charge in [-0.3, -0.25) is 0 Å². The van der Waals surface area contributed by atoms with Crippen LogP contribution in [0.2, 0.25) is 0 Å². The molecule has 0 saturated carbocycles. The van der Waals surface area contributed by atoms with Crippen LogP contribution in [0.5, 0.6) is 0 Å². The van der Waals surface area contributed by atoms with Crippen molar-refractivity contribution in [2.45, 2.75) is 56.9 Å². The lowest BCUT2D eigenvalue weighted by Crippen LogP contribution is -2.42. The Hall–Kier alpha value is -2.32. The van der Waals surface area contributed by atoms with Gasteiger partial charge in [0.2, 0.25) is 0 Å². The van der Waals surface area contributed by atoms with E-state index in [1.807, 2.05) is 0 Å². The highest BCUT2D eigenvalue weighted by Crippen LogP contribution is 2.37. The number of allylic oxidation sites excluding steroid dienone is 1. The van der Waals surface area contributed by atoms with Crippen LogP contribution in [0.1, 0.15) is 49.7 Å². The van der Waals surface area contributed by atoms with Crippen LogP contribution in [0, 0.1) is 0 Å². The molecule has 30 heavy (non-hydrogen) atoms. The number of anilines is 1. The van der Waals surface area contributed by atoms with Crippen molar-refractivity contribution in [2.75, 3.05) is 18.4 Å². The minimum Gasteiger partial charge on any atom is -0.373 e. The van der Waals surface area contributed by atoms with E-state index in [1.165, 1.54) is 6.42 Å². The molecule has 0 radical (unpaired) electrons. The smallest absolute Gasteiger partial charge is 0.373 e. The van der Waals surface area contributed by atoms with Crippen molar-refractivity contribution in [1.82, 2.24) is 10.2 Å². The van der Waals surface area contributed by atoms with Gasteiger partial charge in [-0.15, -0.1) is 0 Å². The lowest BCUT2D eigenvalue weighted by atomic mass is 9.96. The molecule has 0 amide bonds. The topological polar surface area (TPSA) is 27.3 Å². The van der Waals surface area contributed by atoms with Crippen molar-refractivity contribution in [3.05, 3.63) is 53.5 Å². The van der Waals surface area contributed by atoms with Crippen molar-refractivity contribution < 1.29 is 26.3 Å². The van der Waals surface area contributed by atoms with E-state index in [0.29, 0.717) is 12.1 Å². The zero-order chi connectivity index (χ0) is 21.9. The van der Waals surface area contributed by atoms with Crippen LogP contribution in [-0.2, 0) is 12.4 Å². The molecule has 1 heterocycles. The predicted molar refractivity (Wildman–Crippen MR) is 103 cm³/mol. The van der Waals surface area contributed by atoms with Gasteiger partial charge < -0.3 is 15.5 Å². The summed E-state index contributed by atoms with van der Waals surface area (Å²) in [6.45, 7) is 5.68. The molecule has 0 bridgehead atoms. The average molecular weight is 433 g/mol. The molecule has 2 N–H and O–H groups in total. The molecule has 1 fully saturated rings. The second-order valence-corrected chi connectivity index (χ2v) is 7.70. The number of benzene rings is 1. The highest BCUT2D eigenvalue weighted by molar-refractivity contribution is 5.53. The Labute approximate surface area is 171 Å². The van der Waals surface area contributed by atoms with Gasteiger partial charge in [0.25, 0.3) is 0 Å². The summed E-state index contributed by atoms with van der Waals surface area (Å²) in [5.41, 5.74) is -1.91. The van der Waals surface area contributed by atoms with Crippen LogP contribution >= 0.6 is 0 Å². The van der Waals surface area contributed by atoms with Crippen LogP contribution < -0.4 is 10.6 Å². The molecule has 1 aliphatic carbocycles. The third kappa shape index (κ3) is 5.64. The number of likely N-dealkylation sites (tertiary alicyclic amines) is 1. The maximum Gasteiger partial charge on any atom is 0.416 e. The van der Waals surface area contributed by atoms with Gasteiger partial charge in [0, 0.05) is 24.5 Å². The molecule has 0 aromatic heterocycles. The Morgan fingerprint density at radius 3 is 2.07 bits per heavy atom. The van der Waals surface area contributed by atoms with E-state index in [4.69, 9.17) is 0 Å². The summed E-state index contributed by atoms with van der Waals surface area (Å²) in [4.78, 5) is 2.31. The summed E-state index contributed by atoms with van der Waals surface area (Å²) in [5, 5.41) is 5.74. The lowest BCUT2D eigenvalue weighted by Gasteiger charge is -2.38. The first-order valence-electron chi connectivity index (χ1n) is 10.0. The van der Waals surface area contributed by atoms with Gasteiger partial charge in [-0.2, -0.15) is 26.3 Å². The van der Waals surface area contributed by atoms with E-state index in [9.17, 15) is 26.3 Å². The number of nitrogens with zero attached hydrogens (tertiary/aromatic N) is 1. The molecular formula is C21H25F6N3. The minimum absolute atomic E-state index is 0.0789. The van der Waals surface area contributed by atoms with Gasteiger partial charge in [0.05, 0.1) is 23.0 Å². The molecule has 2 aliphatic rings. The Kier molecular flexibility index (Phi) is 6.57. The first kappa shape index (κ1) is 22.4. The number of alkyl halides is 6. The van der Waals surface area contributed by atoms with Crippen molar-refractivity contribution >= 4 is 5.69 Å². The molecule has 3 rings (SSSR count). The van der Waals surface area contributed by atoms with E-state index in [-0.39, 0.29) is 23.6 Å². The fourth-order valence-electron chi connectivity index (χ4n) is 3.96. The van der Waals surface area contributed by atoms with Gasteiger partial charge >= 0.3 is 12.4 Å². The van der Waals surface area contributed by atoms with Gasteiger partial charge in [0.1, 0.15) is 0 Å². The lowest BCUT2D eigenvalue weighted by molar-refractivity contribution is -0.143. The van der Waals surface area contributed by atoms with Gasteiger partial charge in [-0.05, 0) is 56.7 Å².